The molecule has 0 aliphatic rings. The van der Waals surface area contributed by atoms with E-state index in [0.29, 0.717) is 11.1 Å². The number of hydrogen-bond acceptors (Lipinski definition) is 4. The van der Waals surface area contributed by atoms with Crippen LogP contribution >= 0.6 is 22.9 Å². The Balaban J connectivity index is 0.00000155. The highest BCUT2D eigenvalue weighted by atomic mass is 35.5. The van der Waals surface area contributed by atoms with Crippen molar-refractivity contribution in [3.8, 4) is 0 Å². The Bertz CT molecular complexity index is 998. The number of aromatic nitrogens is 2. The Hall–Kier alpha value is -2.19. The number of halogens is 3. The fourth-order valence-corrected chi connectivity index (χ4v) is 3.72. The van der Waals surface area contributed by atoms with Crippen molar-refractivity contribution < 1.29 is 18.3 Å². The lowest BCUT2D eigenvalue weighted by Crippen LogP contribution is -2.36. The standard InChI is InChI=1S/C19H20ClF2N3O2S.C2H6/c1-11-9-25(17(21)22)16-13(8-14(20)23-15(11)16)24(10-12-6-5-7-28-12)18(26)27-19(2,3)4;1-2/h5-9,17H,10H2,1-4H3;1-2H3. The van der Waals surface area contributed by atoms with Gasteiger partial charge in [0.25, 0.3) is 0 Å². The molecule has 0 unspecified atom stereocenters. The Morgan fingerprint density at radius 2 is 2.03 bits per heavy atom. The van der Waals surface area contributed by atoms with Crippen molar-refractivity contribution in [1.29, 1.82) is 0 Å². The summed E-state index contributed by atoms with van der Waals surface area (Å²) in [5, 5.41) is 1.99. The van der Waals surface area contributed by atoms with Gasteiger partial charge in [0.1, 0.15) is 10.8 Å². The monoisotopic (exact) mass is 457 g/mol. The number of nitrogens with zero attached hydrogens (tertiary/aromatic N) is 3. The maximum Gasteiger partial charge on any atom is 0.415 e. The second kappa shape index (κ2) is 9.75. The van der Waals surface area contributed by atoms with Crippen LogP contribution in [0.5, 0.6) is 0 Å². The van der Waals surface area contributed by atoms with Gasteiger partial charge in [-0.15, -0.1) is 11.3 Å². The quantitative estimate of drug-likeness (QED) is 0.383. The number of alkyl halides is 2. The molecule has 3 aromatic heterocycles. The summed E-state index contributed by atoms with van der Waals surface area (Å²) in [6.07, 6.45) is 0.657. The van der Waals surface area contributed by atoms with Gasteiger partial charge in [0, 0.05) is 17.1 Å². The Kier molecular flexibility index (Phi) is 7.82. The largest absolute Gasteiger partial charge is 0.443 e. The molecule has 0 saturated carbocycles. The molecule has 0 radical (unpaired) electrons. The first kappa shape index (κ1) is 24.1. The highest BCUT2D eigenvalue weighted by Crippen LogP contribution is 2.36. The molecule has 0 aliphatic heterocycles. The summed E-state index contributed by atoms with van der Waals surface area (Å²) in [5.74, 6) is 0. The summed E-state index contributed by atoms with van der Waals surface area (Å²) in [6.45, 7) is 8.28. The highest BCUT2D eigenvalue weighted by Gasteiger charge is 2.28. The predicted octanol–water partition coefficient (Wildman–Crippen LogP) is 7.42. The molecule has 0 N–H and O–H groups in total. The van der Waals surface area contributed by atoms with Gasteiger partial charge < -0.3 is 4.74 Å². The first-order valence-corrected chi connectivity index (χ1v) is 10.8. The van der Waals surface area contributed by atoms with Crippen molar-refractivity contribution in [2.45, 2.75) is 60.2 Å². The molecule has 0 atom stereocenters. The van der Waals surface area contributed by atoms with Crippen LogP contribution in [0.25, 0.3) is 11.0 Å². The van der Waals surface area contributed by atoms with Crippen LogP contribution in [0.3, 0.4) is 0 Å². The summed E-state index contributed by atoms with van der Waals surface area (Å²) in [5.41, 5.74) is 0.480. The zero-order valence-electron chi connectivity index (χ0n) is 17.9. The molecule has 164 valence electrons. The van der Waals surface area contributed by atoms with Crippen molar-refractivity contribution in [3.63, 3.8) is 0 Å². The number of carbonyl (C=O) groups excluding carboxylic acids is 1. The number of fused-ring (bicyclic) bond motifs is 1. The van der Waals surface area contributed by atoms with Crippen LogP contribution in [0.4, 0.5) is 19.3 Å². The molecule has 0 fully saturated rings. The van der Waals surface area contributed by atoms with Crippen LogP contribution in [0.15, 0.2) is 29.8 Å². The Morgan fingerprint density at radius 3 is 2.57 bits per heavy atom. The minimum absolute atomic E-state index is 0.109. The molecule has 3 rings (SSSR count). The summed E-state index contributed by atoms with van der Waals surface area (Å²) in [4.78, 5) is 19.4. The van der Waals surface area contributed by atoms with E-state index >= 15 is 0 Å². The van der Waals surface area contributed by atoms with E-state index < -0.39 is 18.2 Å². The van der Waals surface area contributed by atoms with Crippen LogP contribution in [0, 0.1) is 6.92 Å². The van der Waals surface area contributed by atoms with E-state index in [9.17, 15) is 13.6 Å². The average Bonchev–Trinajstić information content (AvgIpc) is 3.27. The highest BCUT2D eigenvalue weighted by molar-refractivity contribution is 7.09. The van der Waals surface area contributed by atoms with Crippen molar-refractivity contribution in [1.82, 2.24) is 9.55 Å². The molecule has 0 bridgehead atoms. The van der Waals surface area contributed by atoms with E-state index in [1.807, 2.05) is 31.4 Å². The maximum atomic E-state index is 13.7. The molecular weight excluding hydrogens is 432 g/mol. The van der Waals surface area contributed by atoms with Gasteiger partial charge in [0.05, 0.1) is 23.3 Å². The Morgan fingerprint density at radius 1 is 1.37 bits per heavy atom. The number of pyridine rings is 1. The van der Waals surface area contributed by atoms with Gasteiger partial charge in [0.2, 0.25) is 0 Å². The second-order valence-corrected chi connectivity index (χ2v) is 8.72. The van der Waals surface area contributed by atoms with Crippen LogP contribution in [-0.4, -0.2) is 21.2 Å². The van der Waals surface area contributed by atoms with Crippen LogP contribution in [-0.2, 0) is 11.3 Å². The first-order valence-electron chi connectivity index (χ1n) is 9.55. The number of ether oxygens (including phenoxy) is 1. The SMILES string of the molecule is CC.Cc1cn(C(F)F)c2c(N(Cc3cccs3)C(=O)OC(C)(C)C)cc(Cl)nc12. The van der Waals surface area contributed by atoms with Gasteiger partial charge in [-0.2, -0.15) is 8.78 Å². The molecule has 0 aromatic carbocycles. The third kappa shape index (κ3) is 5.49. The normalized spacial score (nSPS) is 11.4. The molecule has 0 spiro atoms. The lowest BCUT2D eigenvalue weighted by Gasteiger charge is -2.28. The number of thiophene rings is 1. The van der Waals surface area contributed by atoms with Crippen LogP contribution < -0.4 is 4.90 Å². The molecule has 0 saturated heterocycles. The van der Waals surface area contributed by atoms with Gasteiger partial charge in [0.15, 0.2) is 0 Å². The lowest BCUT2D eigenvalue weighted by molar-refractivity contribution is 0.0575. The van der Waals surface area contributed by atoms with Gasteiger partial charge in [-0.1, -0.05) is 31.5 Å². The number of amides is 1. The van der Waals surface area contributed by atoms with Gasteiger partial charge in [-0.25, -0.2) is 9.78 Å². The zero-order valence-corrected chi connectivity index (χ0v) is 19.4. The zero-order chi connectivity index (χ0) is 22.6. The molecule has 3 aromatic rings. The maximum absolute atomic E-state index is 13.7. The molecular formula is C21H26ClF2N3O2S. The van der Waals surface area contributed by atoms with E-state index in [4.69, 9.17) is 16.3 Å². The second-order valence-electron chi connectivity index (χ2n) is 7.30. The van der Waals surface area contributed by atoms with Gasteiger partial charge in [-0.3, -0.25) is 9.47 Å². The molecule has 1 amide bonds. The van der Waals surface area contributed by atoms with Crippen molar-refractivity contribution >= 4 is 45.8 Å². The predicted molar refractivity (Wildman–Crippen MR) is 119 cm³/mol. The van der Waals surface area contributed by atoms with E-state index in [1.54, 1.807) is 27.7 Å². The molecule has 3 heterocycles. The summed E-state index contributed by atoms with van der Waals surface area (Å²) in [7, 11) is 0. The number of rotatable bonds is 4. The van der Waals surface area contributed by atoms with E-state index in [-0.39, 0.29) is 22.9 Å². The smallest absolute Gasteiger partial charge is 0.415 e. The van der Waals surface area contributed by atoms with Crippen LogP contribution in [0.1, 0.15) is 51.6 Å². The number of hydrogen-bond donors (Lipinski definition) is 0. The number of aryl methyl sites for hydroxylation is 1. The summed E-state index contributed by atoms with van der Waals surface area (Å²) in [6, 6.07) is 5.13. The Labute approximate surface area is 184 Å². The number of carbonyl (C=O) groups is 1. The summed E-state index contributed by atoms with van der Waals surface area (Å²) < 4.78 is 33.7. The third-order valence-electron chi connectivity index (χ3n) is 3.91. The molecule has 0 aliphatic carbocycles. The lowest BCUT2D eigenvalue weighted by atomic mass is 10.2. The first-order chi connectivity index (χ1) is 14.1. The fourth-order valence-electron chi connectivity index (χ4n) is 2.84. The molecule has 9 heteroatoms. The average molecular weight is 458 g/mol. The fraction of sp³-hybridized carbons (Fsp3) is 0.429. The van der Waals surface area contributed by atoms with Crippen LogP contribution in [0.2, 0.25) is 5.15 Å². The third-order valence-corrected chi connectivity index (χ3v) is 4.97. The van der Waals surface area contributed by atoms with Crippen molar-refractivity contribution in [2.24, 2.45) is 0 Å². The number of anilines is 1. The van der Waals surface area contributed by atoms with Crippen molar-refractivity contribution in [2.75, 3.05) is 4.90 Å². The van der Waals surface area contributed by atoms with Crippen molar-refractivity contribution in [3.05, 3.63) is 45.4 Å². The minimum Gasteiger partial charge on any atom is -0.443 e. The van der Waals surface area contributed by atoms with Gasteiger partial charge in [-0.05, 0) is 44.7 Å². The van der Waals surface area contributed by atoms with Gasteiger partial charge >= 0.3 is 12.6 Å². The topological polar surface area (TPSA) is 47.4 Å². The van der Waals surface area contributed by atoms with E-state index in [0.717, 1.165) is 9.44 Å². The molecule has 30 heavy (non-hydrogen) atoms. The molecule has 5 nitrogen and oxygen atoms in total. The minimum atomic E-state index is -2.79. The van der Waals surface area contributed by atoms with E-state index in [2.05, 4.69) is 4.98 Å². The van der Waals surface area contributed by atoms with E-state index in [1.165, 1.54) is 28.5 Å². The summed E-state index contributed by atoms with van der Waals surface area (Å²) >= 11 is 7.62.